The highest BCUT2D eigenvalue weighted by molar-refractivity contribution is 5.16. The molecule has 1 aromatic carbocycles. The van der Waals surface area contributed by atoms with Crippen molar-refractivity contribution in [1.82, 2.24) is 5.32 Å². The molecule has 2 aliphatic rings. The van der Waals surface area contributed by atoms with Crippen LogP contribution < -0.4 is 5.32 Å². The van der Waals surface area contributed by atoms with E-state index in [9.17, 15) is 0 Å². The van der Waals surface area contributed by atoms with Crippen LogP contribution in [0.25, 0.3) is 0 Å². The van der Waals surface area contributed by atoms with E-state index in [0.717, 1.165) is 19.1 Å². The first-order valence-electron chi connectivity index (χ1n) is 6.58. The van der Waals surface area contributed by atoms with Crippen molar-refractivity contribution in [3.63, 3.8) is 0 Å². The first-order valence-corrected chi connectivity index (χ1v) is 6.58. The number of hydrogen-bond donors (Lipinski definition) is 1. The van der Waals surface area contributed by atoms with E-state index >= 15 is 0 Å². The molecule has 0 aromatic heterocycles. The number of fused-ring (bicyclic) bond motifs is 1. The summed E-state index contributed by atoms with van der Waals surface area (Å²) in [5, 5.41) is 3.72. The Morgan fingerprint density at radius 1 is 1.29 bits per heavy atom. The number of nitrogens with one attached hydrogen (secondary N) is 1. The Morgan fingerprint density at radius 2 is 2.06 bits per heavy atom. The molecule has 3 rings (SSSR count). The van der Waals surface area contributed by atoms with Crippen molar-refractivity contribution in [2.45, 2.75) is 39.0 Å². The molecule has 0 spiro atoms. The summed E-state index contributed by atoms with van der Waals surface area (Å²) in [7, 11) is 0. The monoisotopic (exact) mass is 231 g/mol. The molecule has 0 radical (unpaired) electrons. The van der Waals surface area contributed by atoms with Gasteiger partial charge < -0.3 is 10.1 Å². The van der Waals surface area contributed by atoms with Crippen LogP contribution in [-0.2, 0) is 11.3 Å². The molecule has 3 unspecified atom stereocenters. The van der Waals surface area contributed by atoms with Gasteiger partial charge in [-0.25, -0.2) is 0 Å². The molecule has 0 bridgehead atoms. The number of benzene rings is 1. The maximum atomic E-state index is 5.81. The fraction of sp³-hybridized carbons (Fsp3) is 0.600. The third-order valence-corrected chi connectivity index (χ3v) is 4.47. The van der Waals surface area contributed by atoms with Gasteiger partial charge in [-0.3, -0.25) is 0 Å². The summed E-state index contributed by atoms with van der Waals surface area (Å²) in [6, 6.07) is 11.2. The summed E-state index contributed by atoms with van der Waals surface area (Å²) in [4.78, 5) is 0. The van der Waals surface area contributed by atoms with E-state index in [1.807, 2.05) is 0 Å². The molecule has 1 heterocycles. The minimum atomic E-state index is 0.288. The Labute approximate surface area is 103 Å². The molecule has 1 saturated carbocycles. The molecule has 1 aliphatic carbocycles. The number of rotatable bonds is 3. The van der Waals surface area contributed by atoms with Gasteiger partial charge in [0.15, 0.2) is 0 Å². The maximum absolute atomic E-state index is 5.81. The summed E-state index contributed by atoms with van der Waals surface area (Å²) in [6.07, 6.45) is 1.70. The van der Waals surface area contributed by atoms with E-state index < -0.39 is 0 Å². The van der Waals surface area contributed by atoms with Crippen LogP contribution in [0.4, 0.5) is 0 Å². The molecule has 1 N–H and O–H groups in total. The smallest absolute Gasteiger partial charge is 0.0685 e. The van der Waals surface area contributed by atoms with E-state index in [0.29, 0.717) is 12.1 Å². The largest absolute Gasteiger partial charge is 0.377 e. The van der Waals surface area contributed by atoms with Gasteiger partial charge in [0.1, 0.15) is 0 Å². The summed E-state index contributed by atoms with van der Waals surface area (Å²) in [5.41, 5.74) is 1.65. The SMILES string of the molecule is CC1(C)C(NCc2ccccc2)C2CCOC21. The lowest BCUT2D eigenvalue weighted by Crippen LogP contribution is -2.65. The third-order valence-electron chi connectivity index (χ3n) is 4.47. The topological polar surface area (TPSA) is 21.3 Å². The quantitative estimate of drug-likeness (QED) is 0.863. The predicted molar refractivity (Wildman–Crippen MR) is 68.7 cm³/mol. The maximum Gasteiger partial charge on any atom is 0.0685 e. The van der Waals surface area contributed by atoms with Crippen LogP contribution in [0.2, 0.25) is 0 Å². The Morgan fingerprint density at radius 3 is 2.82 bits per heavy atom. The van der Waals surface area contributed by atoms with Crippen molar-refractivity contribution in [3.05, 3.63) is 35.9 Å². The van der Waals surface area contributed by atoms with Crippen molar-refractivity contribution in [1.29, 1.82) is 0 Å². The van der Waals surface area contributed by atoms with Gasteiger partial charge in [-0.2, -0.15) is 0 Å². The molecule has 2 heteroatoms. The van der Waals surface area contributed by atoms with Crippen molar-refractivity contribution in [2.75, 3.05) is 6.61 Å². The Balaban J connectivity index is 1.63. The average Bonchev–Trinajstić information content (AvgIpc) is 2.77. The van der Waals surface area contributed by atoms with Crippen molar-refractivity contribution < 1.29 is 4.74 Å². The summed E-state index contributed by atoms with van der Waals surface area (Å²) >= 11 is 0. The van der Waals surface area contributed by atoms with Crippen molar-refractivity contribution in [3.8, 4) is 0 Å². The van der Waals surface area contributed by atoms with Gasteiger partial charge in [0.25, 0.3) is 0 Å². The van der Waals surface area contributed by atoms with Crippen LogP contribution in [0.15, 0.2) is 30.3 Å². The minimum absolute atomic E-state index is 0.288. The fourth-order valence-electron chi connectivity index (χ4n) is 3.56. The molecule has 1 aliphatic heterocycles. The highest BCUT2D eigenvalue weighted by Crippen LogP contribution is 2.52. The minimum Gasteiger partial charge on any atom is -0.377 e. The normalized spacial score (nSPS) is 34.1. The van der Waals surface area contributed by atoms with Gasteiger partial charge >= 0.3 is 0 Å². The molecule has 2 fully saturated rings. The Bertz CT molecular complexity index is 387. The van der Waals surface area contributed by atoms with Crippen LogP contribution in [0, 0.1) is 11.3 Å². The summed E-state index contributed by atoms with van der Waals surface area (Å²) < 4.78 is 5.81. The molecular formula is C15H21NO. The molecule has 3 atom stereocenters. The molecule has 0 amide bonds. The van der Waals surface area contributed by atoms with Gasteiger partial charge in [0.2, 0.25) is 0 Å². The second-order valence-corrected chi connectivity index (χ2v) is 5.91. The second-order valence-electron chi connectivity index (χ2n) is 5.91. The van der Waals surface area contributed by atoms with E-state index in [1.54, 1.807) is 0 Å². The lowest BCUT2D eigenvalue weighted by Gasteiger charge is -2.55. The zero-order chi connectivity index (χ0) is 11.9. The lowest BCUT2D eigenvalue weighted by molar-refractivity contribution is -0.113. The molecule has 1 saturated heterocycles. The highest BCUT2D eigenvalue weighted by atomic mass is 16.5. The Kier molecular flexibility index (Phi) is 2.72. The van der Waals surface area contributed by atoms with Crippen molar-refractivity contribution in [2.24, 2.45) is 11.3 Å². The van der Waals surface area contributed by atoms with Gasteiger partial charge in [-0.1, -0.05) is 44.2 Å². The van der Waals surface area contributed by atoms with Crippen LogP contribution in [-0.4, -0.2) is 18.8 Å². The zero-order valence-corrected chi connectivity index (χ0v) is 10.6. The lowest BCUT2D eigenvalue weighted by atomic mass is 9.57. The van der Waals surface area contributed by atoms with Crippen molar-refractivity contribution >= 4 is 0 Å². The Hall–Kier alpha value is -0.860. The summed E-state index contributed by atoms with van der Waals surface area (Å²) in [6.45, 7) is 6.56. The highest BCUT2D eigenvalue weighted by Gasteiger charge is 2.58. The van der Waals surface area contributed by atoms with Crippen LogP contribution >= 0.6 is 0 Å². The standard InChI is InChI=1S/C15H21NO/c1-15(2)13(12-8-9-17-14(12)15)16-10-11-6-4-3-5-7-11/h3-7,12-14,16H,8-10H2,1-2H3. The first kappa shape index (κ1) is 11.2. The van der Waals surface area contributed by atoms with E-state index in [1.165, 1.54) is 12.0 Å². The van der Waals surface area contributed by atoms with Gasteiger partial charge in [-0.15, -0.1) is 0 Å². The third kappa shape index (κ3) is 1.80. The number of ether oxygens (including phenoxy) is 1. The molecule has 17 heavy (non-hydrogen) atoms. The predicted octanol–water partition coefficient (Wildman–Crippen LogP) is 2.59. The molecule has 92 valence electrons. The number of hydrogen-bond acceptors (Lipinski definition) is 2. The van der Waals surface area contributed by atoms with Gasteiger partial charge in [0, 0.05) is 30.5 Å². The average molecular weight is 231 g/mol. The van der Waals surface area contributed by atoms with E-state index in [2.05, 4.69) is 49.5 Å². The van der Waals surface area contributed by atoms with Crippen LogP contribution in [0.5, 0.6) is 0 Å². The van der Waals surface area contributed by atoms with E-state index in [4.69, 9.17) is 4.74 Å². The molecule has 2 nitrogen and oxygen atoms in total. The van der Waals surface area contributed by atoms with Crippen LogP contribution in [0.3, 0.4) is 0 Å². The van der Waals surface area contributed by atoms with Gasteiger partial charge in [0.05, 0.1) is 6.10 Å². The first-order chi connectivity index (χ1) is 8.19. The molecule has 1 aromatic rings. The molecular weight excluding hydrogens is 210 g/mol. The second kappa shape index (κ2) is 4.11. The van der Waals surface area contributed by atoms with Gasteiger partial charge in [-0.05, 0) is 12.0 Å². The fourth-order valence-corrected chi connectivity index (χ4v) is 3.56. The van der Waals surface area contributed by atoms with Crippen LogP contribution in [0.1, 0.15) is 25.8 Å². The summed E-state index contributed by atoms with van der Waals surface area (Å²) in [5.74, 6) is 0.730. The van der Waals surface area contributed by atoms with E-state index in [-0.39, 0.29) is 5.41 Å². The zero-order valence-electron chi connectivity index (χ0n) is 10.6.